The molecule has 0 aromatic heterocycles. The van der Waals surface area contributed by atoms with Crippen molar-refractivity contribution in [3.8, 4) is 0 Å². The minimum atomic E-state index is 0.622. The van der Waals surface area contributed by atoms with Crippen LogP contribution in [0.5, 0.6) is 0 Å². The Morgan fingerprint density at radius 2 is 1.88 bits per heavy atom. The normalized spacial score (nSPS) is 24.6. The van der Waals surface area contributed by atoms with E-state index in [-0.39, 0.29) is 0 Å². The van der Waals surface area contributed by atoms with Crippen LogP contribution in [0.15, 0.2) is 24.3 Å². The van der Waals surface area contributed by atoms with Gasteiger partial charge in [-0.25, -0.2) is 0 Å². The van der Waals surface area contributed by atoms with Crippen LogP contribution in [-0.4, -0.2) is 38.1 Å². The van der Waals surface area contributed by atoms with Crippen LogP contribution in [0.2, 0.25) is 0 Å². The van der Waals surface area contributed by atoms with Crippen molar-refractivity contribution in [1.82, 2.24) is 4.90 Å². The number of rotatable bonds is 3. The summed E-state index contributed by atoms with van der Waals surface area (Å²) in [6, 6.07) is 9.29. The number of benzene rings is 1. The number of hydrogen-bond acceptors (Lipinski definition) is 3. The molecule has 0 bridgehead atoms. The van der Waals surface area contributed by atoms with E-state index >= 15 is 0 Å². The second-order valence-electron chi connectivity index (χ2n) is 5.28. The first-order chi connectivity index (χ1) is 8.11. The Labute approximate surface area is 104 Å². The van der Waals surface area contributed by atoms with E-state index in [0.717, 1.165) is 19.0 Å². The van der Waals surface area contributed by atoms with Gasteiger partial charge in [0.15, 0.2) is 0 Å². The molecule has 1 fully saturated rings. The van der Waals surface area contributed by atoms with Crippen LogP contribution in [-0.2, 0) is 6.54 Å². The highest BCUT2D eigenvalue weighted by molar-refractivity contribution is 5.49. The van der Waals surface area contributed by atoms with E-state index in [9.17, 15) is 0 Å². The van der Waals surface area contributed by atoms with Gasteiger partial charge in [-0.1, -0.05) is 19.1 Å². The lowest BCUT2D eigenvalue weighted by Gasteiger charge is -2.23. The summed E-state index contributed by atoms with van der Waals surface area (Å²) in [6.45, 7) is 5.22. The second kappa shape index (κ2) is 5.07. The van der Waals surface area contributed by atoms with Gasteiger partial charge in [0, 0.05) is 31.4 Å². The maximum absolute atomic E-state index is 5.62. The summed E-state index contributed by atoms with van der Waals surface area (Å²) in [5.41, 5.74) is 8.13. The Bertz CT molecular complexity index is 358. The lowest BCUT2D eigenvalue weighted by molar-refractivity contribution is 0.266. The van der Waals surface area contributed by atoms with Crippen molar-refractivity contribution in [1.29, 1.82) is 0 Å². The maximum atomic E-state index is 5.62. The summed E-state index contributed by atoms with van der Waals surface area (Å²) < 4.78 is 0. The van der Waals surface area contributed by atoms with E-state index in [1.165, 1.54) is 11.3 Å². The van der Waals surface area contributed by atoms with Crippen molar-refractivity contribution >= 4 is 5.69 Å². The molecular weight excluding hydrogens is 210 g/mol. The molecule has 94 valence electrons. The third-order valence-corrected chi connectivity index (χ3v) is 3.77. The molecule has 3 heteroatoms. The highest BCUT2D eigenvalue weighted by Gasteiger charge is 2.30. The average Bonchev–Trinajstić information content (AvgIpc) is 2.71. The zero-order chi connectivity index (χ0) is 12.4. The van der Waals surface area contributed by atoms with Gasteiger partial charge in [0.25, 0.3) is 0 Å². The molecule has 0 aliphatic carbocycles. The van der Waals surface area contributed by atoms with Gasteiger partial charge in [0.05, 0.1) is 0 Å². The number of likely N-dealkylation sites (N-methyl/N-ethyl adjacent to an activating group) is 1. The highest BCUT2D eigenvalue weighted by atomic mass is 15.2. The van der Waals surface area contributed by atoms with Crippen molar-refractivity contribution < 1.29 is 0 Å². The molecule has 2 N–H and O–H groups in total. The lowest BCUT2D eigenvalue weighted by atomic mass is 10.1. The van der Waals surface area contributed by atoms with Gasteiger partial charge in [-0.15, -0.1) is 0 Å². The molecule has 0 radical (unpaired) electrons. The van der Waals surface area contributed by atoms with E-state index < -0.39 is 0 Å². The Balaban J connectivity index is 2.08. The van der Waals surface area contributed by atoms with Gasteiger partial charge in [-0.2, -0.15) is 0 Å². The first kappa shape index (κ1) is 12.4. The van der Waals surface area contributed by atoms with Crippen LogP contribution >= 0.6 is 0 Å². The van der Waals surface area contributed by atoms with Crippen LogP contribution in [0.3, 0.4) is 0 Å². The summed E-state index contributed by atoms with van der Waals surface area (Å²) in [5.74, 6) is 0.721. The molecule has 0 amide bonds. The number of anilines is 1. The van der Waals surface area contributed by atoms with Gasteiger partial charge in [0.2, 0.25) is 0 Å². The van der Waals surface area contributed by atoms with Crippen LogP contribution in [0.25, 0.3) is 0 Å². The molecule has 1 aliphatic heterocycles. The number of nitrogens with zero attached hydrogens (tertiary/aromatic N) is 2. The van der Waals surface area contributed by atoms with E-state index in [2.05, 4.69) is 55.1 Å². The molecule has 1 aromatic carbocycles. The Kier molecular flexibility index (Phi) is 3.69. The van der Waals surface area contributed by atoms with Crippen LogP contribution < -0.4 is 10.6 Å². The second-order valence-corrected chi connectivity index (χ2v) is 5.28. The monoisotopic (exact) mass is 233 g/mol. The third-order valence-electron chi connectivity index (χ3n) is 3.77. The van der Waals surface area contributed by atoms with E-state index in [0.29, 0.717) is 12.6 Å². The summed E-state index contributed by atoms with van der Waals surface area (Å²) in [7, 11) is 4.34. The molecule has 2 unspecified atom stereocenters. The summed E-state index contributed by atoms with van der Waals surface area (Å²) in [4.78, 5) is 4.80. The SMILES string of the molecule is CC1CN(c2ccc(CN)cc2)CC1N(C)C. The Morgan fingerprint density at radius 1 is 1.24 bits per heavy atom. The average molecular weight is 233 g/mol. The van der Waals surface area contributed by atoms with Crippen molar-refractivity contribution in [2.24, 2.45) is 11.7 Å². The molecule has 17 heavy (non-hydrogen) atoms. The molecule has 3 nitrogen and oxygen atoms in total. The first-order valence-electron chi connectivity index (χ1n) is 6.32. The minimum Gasteiger partial charge on any atom is -0.370 e. The zero-order valence-corrected chi connectivity index (χ0v) is 11.1. The predicted octanol–water partition coefficient (Wildman–Crippen LogP) is 1.53. The predicted molar refractivity (Wildman–Crippen MR) is 73.2 cm³/mol. The van der Waals surface area contributed by atoms with Crippen LogP contribution in [0, 0.1) is 5.92 Å². The largest absolute Gasteiger partial charge is 0.370 e. The van der Waals surface area contributed by atoms with Crippen molar-refractivity contribution in [3.05, 3.63) is 29.8 Å². The van der Waals surface area contributed by atoms with Crippen molar-refractivity contribution in [2.45, 2.75) is 19.5 Å². The number of nitrogens with two attached hydrogens (primary N) is 1. The standard InChI is InChI=1S/C14H23N3/c1-11-9-17(10-14(11)16(2)3)13-6-4-12(8-15)5-7-13/h4-7,11,14H,8-10,15H2,1-3H3. The fourth-order valence-electron chi connectivity index (χ4n) is 2.68. The van der Waals surface area contributed by atoms with E-state index in [1.54, 1.807) is 0 Å². The van der Waals surface area contributed by atoms with Gasteiger partial charge < -0.3 is 15.5 Å². The molecule has 2 atom stereocenters. The smallest absolute Gasteiger partial charge is 0.0367 e. The summed E-state index contributed by atoms with van der Waals surface area (Å²) >= 11 is 0. The molecule has 1 aliphatic rings. The molecule has 1 aromatic rings. The van der Waals surface area contributed by atoms with Crippen LogP contribution in [0.4, 0.5) is 5.69 Å². The molecular formula is C14H23N3. The Hall–Kier alpha value is -1.06. The highest BCUT2D eigenvalue weighted by Crippen LogP contribution is 2.26. The minimum absolute atomic E-state index is 0.622. The van der Waals surface area contributed by atoms with Gasteiger partial charge in [-0.05, 0) is 37.7 Å². The topological polar surface area (TPSA) is 32.5 Å². The Morgan fingerprint density at radius 3 is 2.35 bits per heavy atom. The third kappa shape index (κ3) is 2.61. The molecule has 0 spiro atoms. The van der Waals surface area contributed by atoms with Crippen molar-refractivity contribution in [2.75, 3.05) is 32.1 Å². The van der Waals surface area contributed by atoms with E-state index in [4.69, 9.17) is 5.73 Å². The molecule has 2 rings (SSSR count). The van der Waals surface area contributed by atoms with Crippen molar-refractivity contribution in [3.63, 3.8) is 0 Å². The van der Waals surface area contributed by atoms with Gasteiger partial charge >= 0.3 is 0 Å². The van der Waals surface area contributed by atoms with Crippen LogP contribution in [0.1, 0.15) is 12.5 Å². The molecule has 1 heterocycles. The quantitative estimate of drug-likeness (QED) is 0.859. The van der Waals surface area contributed by atoms with Gasteiger partial charge in [-0.3, -0.25) is 0 Å². The molecule has 1 saturated heterocycles. The maximum Gasteiger partial charge on any atom is 0.0367 e. The first-order valence-corrected chi connectivity index (χ1v) is 6.32. The summed E-state index contributed by atoms with van der Waals surface area (Å²) in [6.07, 6.45) is 0. The van der Waals surface area contributed by atoms with Gasteiger partial charge in [0.1, 0.15) is 0 Å². The van der Waals surface area contributed by atoms with E-state index in [1.807, 2.05) is 0 Å². The molecule has 0 saturated carbocycles. The fraction of sp³-hybridized carbons (Fsp3) is 0.571. The fourth-order valence-corrected chi connectivity index (χ4v) is 2.68. The summed E-state index contributed by atoms with van der Waals surface area (Å²) in [5, 5.41) is 0. The lowest BCUT2D eigenvalue weighted by Crippen LogP contribution is -2.34. The number of hydrogen-bond donors (Lipinski definition) is 1. The zero-order valence-electron chi connectivity index (χ0n) is 11.1.